The molecule has 1 aromatic rings. The van der Waals surface area contributed by atoms with E-state index in [2.05, 4.69) is 4.74 Å². The van der Waals surface area contributed by atoms with Crippen molar-refractivity contribution in [3.63, 3.8) is 0 Å². The number of aliphatic carboxylic acids is 1. The van der Waals surface area contributed by atoms with Gasteiger partial charge in [-0.1, -0.05) is 0 Å². The highest BCUT2D eigenvalue weighted by molar-refractivity contribution is 5.83. The summed E-state index contributed by atoms with van der Waals surface area (Å²) in [7, 11) is 1.15. The summed E-state index contributed by atoms with van der Waals surface area (Å²) in [5.74, 6) is -2.59. The molecule has 0 bridgehead atoms. The zero-order chi connectivity index (χ0) is 14.6. The molecule has 1 unspecified atom stereocenters. The maximum atomic E-state index is 12.9. The zero-order valence-corrected chi connectivity index (χ0v) is 9.53. The average molecular weight is 273 g/mol. The van der Waals surface area contributed by atoms with E-state index in [0.29, 0.717) is 0 Å². The number of nitro benzene ring substituents is 1. The molecule has 1 rings (SSSR count). The van der Waals surface area contributed by atoms with Crippen molar-refractivity contribution in [1.29, 1.82) is 0 Å². The van der Waals surface area contributed by atoms with Gasteiger partial charge in [0.1, 0.15) is 0 Å². The number of carbonyl (C=O) groups excluding carboxylic acids is 1. The van der Waals surface area contributed by atoms with Gasteiger partial charge < -0.3 is 14.6 Å². The average Bonchev–Trinajstić information content (AvgIpc) is 2.37. The first-order valence-electron chi connectivity index (χ1n) is 4.75. The van der Waals surface area contributed by atoms with Crippen LogP contribution in [-0.4, -0.2) is 35.8 Å². The Bertz CT molecular complexity index is 531. The van der Waals surface area contributed by atoms with Crippen LogP contribution in [0.3, 0.4) is 0 Å². The first-order valence-corrected chi connectivity index (χ1v) is 4.75. The van der Waals surface area contributed by atoms with E-state index in [9.17, 15) is 24.1 Å². The summed E-state index contributed by atoms with van der Waals surface area (Å²) in [5, 5.41) is 19.0. The minimum Gasteiger partial charge on any atom is -0.493 e. The molecule has 1 atom stereocenters. The number of hydrogen-bond acceptors (Lipinski definition) is 6. The molecule has 1 aromatic carbocycles. The molecule has 0 amide bonds. The second-order valence-corrected chi connectivity index (χ2v) is 3.21. The lowest BCUT2D eigenvalue weighted by atomic mass is 10.1. The molecule has 0 saturated carbocycles. The Labute approximate surface area is 105 Å². The summed E-state index contributed by atoms with van der Waals surface area (Å²) in [6.07, 6.45) is -2.50. The largest absolute Gasteiger partial charge is 0.493 e. The van der Waals surface area contributed by atoms with E-state index in [1.54, 1.807) is 0 Å². The Balaban J connectivity index is 3.29. The molecule has 19 heavy (non-hydrogen) atoms. The lowest BCUT2D eigenvalue weighted by Gasteiger charge is -2.11. The molecule has 102 valence electrons. The van der Waals surface area contributed by atoms with Crippen LogP contribution >= 0.6 is 0 Å². The molecule has 8 nitrogen and oxygen atoms in total. The Hall–Kier alpha value is -2.71. The molecule has 0 fully saturated rings. The van der Waals surface area contributed by atoms with Gasteiger partial charge in [0.2, 0.25) is 0 Å². The minimum atomic E-state index is -2.71. The fourth-order valence-corrected chi connectivity index (χ4v) is 1.23. The van der Waals surface area contributed by atoms with E-state index >= 15 is 0 Å². The number of benzene rings is 1. The quantitative estimate of drug-likeness (QED) is 0.469. The maximum Gasteiger partial charge on any atom is 0.378 e. The first kappa shape index (κ1) is 14.4. The van der Waals surface area contributed by atoms with E-state index in [1.807, 2.05) is 0 Å². The van der Waals surface area contributed by atoms with Crippen molar-refractivity contribution in [1.82, 2.24) is 0 Å². The molecule has 0 aliphatic carbocycles. The molecule has 1 N–H and O–H groups in total. The number of methoxy groups -OCH3 is 1. The lowest BCUT2D eigenvalue weighted by Crippen LogP contribution is -2.21. The van der Waals surface area contributed by atoms with Gasteiger partial charge in [-0.25, -0.2) is 4.79 Å². The topological polar surface area (TPSA) is 116 Å². The van der Waals surface area contributed by atoms with Gasteiger partial charge in [0.25, 0.3) is 5.69 Å². The molecular formula is C10H8FNO7. The fourth-order valence-electron chi connectivity index (χ4n) is 1.23. The Morgan fingerprint density at radius 3 is 2.58 bits per heavy atom. The number of ether oxygens (including phenoxy) is 2. The van der Waals surface area contributed by atoms with Crippen LogP contribution in [0.15, 0.2) is 12.1 Å². The smallest absolute Gasteiger partial charge is 0.378 e. The van der Waals surface area contributed by atoms with Crippen molar-refractivity contribution in [2.24, 2.45) is 0 Å². The van der Waals surface area contributed by atoms with Crippen LogP contribution in [0.25, 0.3) is 0 Å². The molecule has 0 heterocycles. The standard InChI is InChI=1S/C10H8FNO7/c1-18-7-2-5(4-13)6(12(16)17)3-8(7)19-9(11)10(14)15/h2-4,9H,1H3,(H,14,15). The molecular weight excluding hydrogens is 265 g/mol. The van der Waals surface area contributed by atoms with Gasteiger partial charge in [0.05, 0.1) is 23.7 Å². The van der Waals surface area contributed by atoms with Crippen molar-refractivity contribution < 1.29 is 33.5 Å². The molecule has 0 saturated heterocycles. The van der Waals surface area contributed by atoms with Crippen molar-refractivity contribution in [2.75, 3.05) is 7.11 Å². The minimum absolute atomic E-state index is 0.198. The number of carboxylic acid groups (broad SMARTS) is 1. The van der Waals surface area contributed by atoms with Crippen LogP contribution in [0.1, 0.15) is 10.4 Å². The summed E-state index contributed by atoms with van der Waals surface area (Å²) in [4.78, 5) is 30.8. The van der Waals surface area contributed by atoms with E-state index in [0.717, 1.165) is 19.2 Å². The number of hydrogen-bond donors (Lipinski definition) is 1. The number of nitro groups is 1. The van der Waals surface area contributed by atoms with Crippen LogP contribution in [0.5, 0.6) is 11.5 Å². The molecule has 0 aliphatic rings. The van der Waals surface area contributed by atoms with E-state index in [1.165, 1.54) is 0 Å². The highest BCUT2D eigenvalue weighted by Gasteiger charge is 2.24. The second kappa shape index (κ2) is 5.76. The Kier molecular flexibility index (Phi) is 4.35. The number of carbonyl (C=O) groups is 2. The number of alkyl halides is 1. The van der Waals surface area contributed by atoms with Gasteiger partial charge in [0.15, 0.2) is 17.8 Å². The van der Waals surface area contributed by atoms with Crippen LogP contribution in [0.4, 0.5) is 10.1 Å². The van der Waals surface area contributed by atoms with Gasteiger partial charge in [0, 0.05) is 6.07 Å². The number of rotatable bonds is 6. The van der Waals surface area contributed by atoms with Crippen molar-refractivity contribution in [3.05, 3.63) is 27.8 Å². The van der Waals surface area contributed by atoms with Crippen molar-refractivity contribution in [3.8, 4) is 11.5 Å². The molecule has 0 radical (unpaired) electrons. The SMILES string of the molecule is COc1cc(C=O)c([N+](=O)[O-])cc1OC(F)C(=O)O. The Morgan fingerprint density at radius 2 is 2.16 bits per heavy atom. The zero-order valence-electron chi connectivity index (χ0n) is 9.53. The predicted octanol–water partition coefficient (Wildman–Crippen LogP) is 1.17. The van der Waals surface area contributed by atoms with Gasteiger partial charge in [-0.05, 0) is 0 Å². The van der Waals surface area contributed by atoms with E-state index in [4.69, 9.17) is 9.84 Å². The van der Waals surface area contributed by atoms with Crippen LogP contribution < -0.4 is 9.47 Å². The molecule has 0 aromatic heterocycles. The summed E-state index contributed by atoms with van der Waals surface area (Å²) in [5.41, 5.74) is -0.955. The fraction of sp³-hybridized carbons (Fsp3) is 0.200. The number of carboxylic acids is 1. The van der Waals surface area contributed by atoms with Crippen LogP contribution in [0, 0.1) is 10.1 Å². The number of halogens is 1. The van der Waals surface area contributed by atoms with Gasteiger partial charge >= 0.3 is 12.3 Å². The van der Waals surface area contributed by atoms with E-state index in [-0.39, 0.29) is 17.6 Å². The van der Waals surface area contributed by atoms with Crippen molar-refractivity contribution in [2.45, 2.75) is 6.36 Å². The normalized spacial score (nSPS) is 11.5. The maximum absolute atomic E-state index is 12.9. The molecule has 9 heteroatoms. The number of aldehydes is 1. The predicted molar refractivity (Wildman–Crippen MR) is 58.2 cm³/mol. The summed E-state index contributed by atoms with van der Waals surface area (Å²) < 4.78 is 22.0. The third-order valence-corrected chi connectivity index (χ3v) is 2.06. The third kappa shape index (κ3) is 3.15. The van der Waals surface area contributed by atoms with Gasteiger partial charge in [-0.15, -0.1) is 0 Å². The third-order valence-electron chi connectivity index (χ3n) is 2.06. The lowest BCUT2D eigenvalue weighted by molar-refractivity contribution is -0.385. The summed E-state index contributed by atoms with van der Waals surface area (Å²) in [6.45, 7) is 0. The monoisotopic (exact) mass is 273 g/mol. The summed E-state index contributed by atoms with van der Waals surface area (Å²) >= 11 is 0. The highest BCUT2D eigenvalue weighted by Crippen LogP contribution is 2.34. The van der Waals surface area contributed by atoms with Gasteiger partial charge in [-0.2, -0.15) is 4.39 Å². The second-order valence-electron chi connectivity index (χ2n) is 3.21. The molecule has 0 aliphatic heterocycles. The van der Waals surface area contributed by atoms with Crippen molar-refractivity contribution >= 4 is 17.9 Å². The number of nitrogens with zero attached hydrogens (tertiary/aromatic N) is 1. The van der Waals surface area contributed by atoms with Crippen LogP contribution in [-0.2, 0) is 4.79 Å². The highest BCUT2D eigenvalue weighted by atomic mass is 19.1. The molecule has 0 spiro atoms. The van der Waals surface area contributed by atoms with Crippen LogP contribution in [0.2, 0.25) is 0 Å². The first-order chi connectivity index (χ1) is 8.90. The Morgan fingerprint density at radius 1 is 1.53 bits per heavy atom. The van der Waals surface area contributed by atoms with E-state index < -0.39 is 28.7 Å². The summed E-state index contributed by atoms with van der Waals surface area (Å²) in [6, 6.07) is 1.67. The van der Waals surface area contributed by atoms with Gasteiger partial charge in [-0.3, -0.25) is 14.9 Å².